The van der Waals surface area contributed by atoms with Crippen molar-refractivity contribution >= 4 is 28.1 Å². The smallest absolute Gasteiger partial charge is 0.159 e. The van der Waals surface area contributed by atoms with Gasteiger partial charge in [-0.25, -0.2) is 19.6 Å². The minimum atomic E-state index is -0.189. The Labute approximate surface area is 156 Å². The zero-order valence-electron chi connectivity index (χ0n) is 15.1. The average Bonchev–Trinajstić information content (AvgIpc) is 3.44. The number of nitrogens with one attached hydrogen (secondary N) is 2. The van der Waals surface area contributed by atoms with E-state index in [1.165, 1.54) is 19.2 Å². The molecule has 3 aromatic heterocycles. The van der Waals surface area contributed by atoms with E-state index < -0.39 is 0 Å². The van der Waals surface area contributed by atoms with Gasteiger partial charge in [-0.2, -0.15) is 5.10 Å². The lowest BCUT2D eigenvalue weighted by Crippen LogP contribution is -2.25. The molecule has 0 radical (unpaired) electrons. The second kappa shape index (κ2) is 6.31. The summed E-state index contributed by atoms with van der Waals surface area (Å²) in [6.45, 7) is 2.82. The fraction of sp³-hybridized carbons (Fsp3) is 0.368. The first-order valence-corrected chi connectivity index (χ1v) is 9.32. The van der Waals surface area contributed by atoms with Gasteiger partial charge in [0.15, 0.2) is 5.65 Å². The lowest BCUT2D eigenvalue weighted by molar-refractivity contribution is -0.0289. The number of fused-ring (bicyclic) bond motifs is 1. The van der Waals surface area contributed by atoms with Crippen molar-refractivity contribution in [3.05, 3.63) is 42.8 Å². The lowest BCUT2D eigenvalue weighted by Gasteiger charge is -2.17. The molecule has 1 spiro atoms. The first-order valence-electron chi connectivity index (χ1n) is 9.32. The highest BCUT2D eigenvalue weighted by molar-refractivity contribution is 5.97. The summed E-state index contributed by atoms with van der Waals surface area (Å²) >= 11 is 0. The van der Waals surface area contributed by atoms with Gasteiger partial charge in [-0.15, -0.1) is 0 Å². The molecule has 0 amide bonds. The Bertz CT molecular complexity index is 1010. The van der Waals surface area contributed by atoms with Crippen molar-refractivity contribution < 1.29 is 4.84 Å². The third-order valence-corrected chi connectivity index (χ3v) is 5.31. The Balaban J connectivity index is 1.64. The highest BCUT2D eigenvalue weighted by atomic mass is 16.7. The molecule has 2 aliphatic rings. The molecule has 8 heteroatoms. The van der Waals surface area contributed by atoms with Crippen molar-refractivity contribution in [2.45, 2.75) is 44.8 Å². The van der Waals surface area contributed by atoms with Gasteiger partial charge in [-0.05, 0) is 25.8 Å². The second-order valence-corrected chi connectivity index (χ2v) is 7.03. The number of pyridine rings is 1. The minimum absolute atomic E-state index is 0.189. The lowest BCUT2D eigenvalue weighted by atomic mass is 9.99. The minimum Gasteiger partial charge on any atom is -0.352 e. The largest absolute Gasteiger partial charge is 0.352 e. The molecule has 5 rings (SSSR count). The van der Waals surface area contributed by atoms with E-state index in [1.54, 1.807) is 12.4 Å². The molecular weight excluding hydrogens is 342 g/mol. The van der Waals surface area contributed by atoms with E-state index in [-0.39, 0.29) is 5.60 Å². The van der Waals surface area contributed by atoms with Gasteiger partial charge < -0.3 is 5.32 Å². The molecule has 1 fully saturated rings. The van der Waals surface area contributed by atoms with Gasteiger partial charge in [0.05, 0.1) is 41.0 Å². The molecule has 27 heavy (non-hydrogen) atoms. The quantitative estimate of drug-likeness (QED) is 0.736. The summed E-state index contributed by atoms with van der Waals surface area (Å²) in [4.78, 5) is 18.8. The van der Waals surface area contributed by atoms with Gasteiger partial charge in [-0.1, -0.05) is 12.8 Å². The van der Waals surface area contributed by atoms with E-state index in [0.717, 1.165) is 53.1 Å². The summed E-state index contributed by atoms with van der Waals surface area (Å²) < 4.78 is 1.89. The van der Waals surface area contributed by atoms with Crippen LogP contribution in [-0.2, 0) is 11.4 Å². The number of hydrogen-bond donors (Lipinski definition) is 2. The molecule has 0 atom stereocenters. The van der Waals surface area contributed by atoms with Crippen LogP contribution in [0.3, 0.4) is 0 Å². The second-order valence-electron chi connectivity index (χ2n) is 7.03. The molecule has 4 heterocycles. The van der Waals surface area contributed by atoms with Gasteiger partial charge in [-0.3, -0.25) is 10.3 Å². The highest BCUT2D eigenvalue weighted by Gasteiger charge is 2.38. The number of rotatable bonds is 4. The summed E-state index contributed by atoms with van der Waals surface area (Å²) in [6.07, 6.45) is 15.4. The number of aryl methyl sites for hydroxylation is 1. The Morgan fingerprint density at radius 1 is 1.19 bits per heavy atom. The zero-order chi connectivity index (χ0) is 18.3. The molecule has 1 aliphatic carbocycles. The van der Waals surface area contributed by atoms with Crippen molar-refractivity contribution in [2.24, 2.45) is 0 Å². The zero-order valence-corrected chi connectivity index (χ0v) is 15.1. The van der Waals surface area contributed by atoms with E-state index >= 15 is 0 Å². The number of hydroxylamine groups is 1. The Hall–Kier alpha value is -3.00. The predicted molar refractivity (Wildman–Crippen MR) is 102 cm³/mol. The number of nitrogens with zero attached hydrogens (tertiary/aromatic N) is 5. The van der Waals surface area contributed by atoms with E-state index in [4.69, 9.17) is 4.84 Å². The van der Waals surface area contributed by atoms with Crippen LogP contribution in [0.4, 0.5) is 11.4 Å². The van der Waals surface area contributed by atoms with E-state index in [9.17, 15) is 0 Å². The maximum atomic E-state index is 5.97. The Morgan fingerprint density at radius 2 is 2.00 bits per heavy atom. The van der Waals surface area contributed by atoms with Crippen molar-refractivity contribution in [1.29, 1.82) is 0 Å². The van der Waals surface area contributed by atoms with Crippen molar-refractivity contribution in [3.8, 4) is 0 Å². The fourth-order valence-corrected chi connectivity index (χ4v) is 3.94. The predicted octanol–water partition coefficient (Wildman–Crippen LogP) is 3.17. The monoisotopic (exact) mass is 363 g/mol. The van der Waals surface area contributed by atoms with Crippen LogP contribution >= 0.6 is 0 Å². The van der Waals surface area contributed by atoms with Crippen LogP contribution in [0.15, 0.2) is 37.2 Å². The molecule has 138 valence electrons. The molecule has 0 bridgehead atoms. The molecule has 0 aromatic carbocycles. The SMILES string of the molecule is CCn1ncc2c(Nc3cncnc3)c(C3=CC4(CCCC4)ON3)cnc21. The van der Waals surface area contributed by atoms with E-state index in [2.05, 4.69) is 43.8 Å². The first kappa shape index (κ1) is 16.2. The summed E-state index contributed by atoms with van der Waals surface area (Å²) in [7, 11) is 0. The van der Waals surface area contributed by atoms with Crippen molar-refractivity contribution in [3.63, 3.8) is 0 Å². The van der Waals surface area contributed by atoms with Crippen molar-refractivity contribution in [2.75, 3.05) is 5.32 Å². The van der Waals surface area contributed by atoms with Crippen LogP contribution in [-0.4, -0.2) is 30.3 Å². The highest BCUT2D eigenvalue weighted by Crippen LogP contribution is 2.41. The summed E-state index contributed by atoms with van der Waals surface area (Å²) in [5, 5.41) is 8.87. The van der Waals surface area contributed by atoms with Gasteiger partial charge in [0.1, 0.15) is 11.9 Å². The molecule has 0 saturated heterocycles. The topological polar surface area (TPSA) is 89.8 Å². The third-order valence-electron chi connectivity index (χ3n) is 5.31. The first-order chi connectivity index (χ1) is 13.3. The van der Waals surface area contributed by atoms with Crippen LogP contribution in [0.5, 0.6) is 0 Å². The summed E-state index contributed by atoms with van der Waals surface area (Å²) in [6, 6.07) is 0. The maximum absolute atomic E-state index is 5.97. The van der Waals surface area contributed by atoms with Gasteiger partial charge >= 0.3 is 0 Å². The number of hydrogen-bond acceptors (Lipinski definition) is 7. The summed E-state index contributed by atoms with van der Waals surface area (Å²) in [5.74, 6) is 0. The molecule has 3 aromatic rings. The molecule has 0 unspecified atom stereocenters. The molecular formula is C19H21N7O. The molecule has 1 saturated carbocycles. The van der Waals surface area contributed by atoms with Gasteiger partial charge in [0, 0.05) is 18.3 Å². The van der Waals surface area contributed by atoms with Crippen molar-refractivity contribution in [1.82, 2.24) is 30.2 Å². The molecule has 2 N–H and O–H groups in total. The van der Waals surface area contributed by atoms with Crippen LogP contribution in [0.25, 0.3) is 16.7 Å². The van der Waals surface area contributed by atoms with Crippen LogP contribution in [0.1, 0.15) is 38.2 Å². The molecule has 1 aliphatic heterocycles. The molecule has 8 nitrogen and oxygen atoms in total. The standard InChI is InChI=1S/C19H21N7O/c1-2-26-18-15(11-23-26)17(24-13-8-20-12-21-9-13)14(10-22-18)16-7-19(27-25-16)5-3-4-6-19/h7-12,25H,2-6H2,1H3,(H,22,24). The van der Waals surface area contributed by atoms with Gasteiger partial charge in [0.2, 0.25) is 0 Å². The number of aromatic nitrogens is 5. The Kier molecular flexibility index (Phi) is 3.78. The van der Waals surface area contributed by atoms with Crippen LogP contribution in [0.2, 0.25) is 0 Å². The summed E-state index contributed by atoms with van der Waals surface area (Å²) in [5.41, 5.74) is 7.42. The van der Waals surface area contributed by atoms with E-state index in [0.29, 0.717) is 0 Å². The normalized spacial score (nSPS) is 18.0. The number of anilines is 2. The van der Waals surface area contributed by atoms with E-state index in [1.807, 2.05) is 17.1 Å². The van der Waals surface area contributed by atoms with Crippen LogP contribution < -0.4 is 10.8 Å². The average molecular weight is 363 g/mol. The fourth-order valence-electron chi connectivity index (χ4n) is 3.94. The maximum Gasteiger partial charge on any atom is 0.159 e. The van der Waals surface area contributed by atoms with Gasteiger partial charge in [0.25, 0.3) is 0 Å². The third kappa shape index (κ3) is 2.73. The Morgan fingerprint density at radius 3 is 2.78 bits per heavy atom. The van der Waals surface area contributed by atoms with Crippen LogP contribution in [0, 0.1) is 0 Å².